The number of nitrogens with zero attached hydrogens (tertiary/aromatic N) is 1. The first-order valence-electron chi connectivity index (χ1n) is 2.69. The summed E-state index contributed by atoms with van der Waals surface area (Å²) in [6.07, 6.45) is 5.94. The van der Waals surface area contributed by atoms with Gasteiger partial charge in [-0.2, -0.15) is 4.39 Å². The van der Waals surface area contributed by atoms with Crippen molar-refractivity contribution in [3.05, 3.63) is 40.8 Å². The summed E-state index contributed by atoms with van der Waals surface area (Å²) in [7, 11) is 0. The zero-order chi connectivity index (χ0) is 7.61. The molecule has 0 aromatic carbocycles. The lowest BCUT2D eigenvalue weighted by molar-refractivity contribution is -0.573. The summed E-state index contributed by atoms with van der Waals surface area (Å²) < 4.78 is 12.8. The maximum absolute atomic E-state index is 12.8. The van der Waals surface area contributed by atoms with Gasteiger partial charge in [0.05, 0.1) is 4.92 Å². The lowest BCUT2D eigenvalue weighted by Gasteiger charge is -2.09. The summed E-state index contributed by atoms with van der Waals surface area (Å²) in [5.74, 6) is -2.49. The van der Waals surface area contributed by atoms with Crippen molar-refractivity contribution in [2.45, 2.75) is 5.79 Å². The first-order chi connectivity index (χ1) is 4.65. The van der Waals surface area contributed by atoms with Gasteiger partial charge >= 0.3 is 5.79 Å². The van der Waals surface area contributed by atoms with Crippen LogP contribution in [0.5, 0.6) is 0 Å². The van der Waals surface area contributed by atoms with Crippen LogP contribution in [0.4, 0.5) is 4.39 Å². The van der Waals surface area contributed by atoms with Gasteiger partial charge in [0.2, 0.25) is 0 Å². The molecule has 0 N–H and O–H groups in total. The van der Waals surface area contributed by atoms with Crippen molar-refractivity contribution in [2.24, 2.45) is 0 Å². The predicted octanol–water partition coefficient (Wildman–Crippen LogP) is 1.26. The highest BCUT2D eigenvalue weighted by Crippen LogP contribution is 2.19. The number of allylic oxidation sites excluding steroid dienone is 2. The zero-order valence-corrected chi connectivity index (χ0v) is 5.03. The Labute approximate surface area is 57.0 Å². The molecular weight excluding hydrogens is 137 g/mol. The predicted molar refractivity (Wildman–Crippen MR) is 33.4 cm³/mol. The first-order valence-corrected chi connectivity index (χ1v) is 2.69. The van der Waals surface area contributed by atoms with E-state index in [0.717, 1.165) is 12.2 Å². The second-order valence-electron chi connectivity index (χ2n) is 1.90. The molecule has 0 saturated carbocycles. The molecule has 0 fully saturated rings. The molecule has 0 aliphatic heterocycles. The number of nitro groups is 1. The Kier molecular flexibility index (Phi) is 1.53. The minimum atomic E-state index is -2.49. The van der Waals surface area contributed by atoms with Crippen molar-refractivity contribution in [2.75, 3.05) is 0 Å². The molecule has 53 valence electrons. The van der Waals surface area contributed by atoms with Crippen molar-refractivity contribution in [3.63, 3.8) is 0 Å². The summed E-state index contributed by atoms with van der Waals surface area (Å²) in [5.41, 5.74) is 0. The van der Waals surface area contributed by atoms with Crippen LogP contribution in [-0.4, -0.2) is 10.7 Å². The van der Waals surface area contributed by atoms with Gasteiger partial charge in [-0.05, 0) is 0 Å². The van der Waals surface area contributed by atoms with Gasteiger partial charge in [-0.15, -0.1) is 0 Å². The zero-order valence-electron chi connectivity index (χ0n) is 5.03. The Hall–Kier alpha value is -1.19. The third kappa shape index (κ3) is 1.05. The Balaban J connectivity index is 2.85. The number of alkyl halides is 1. The van der Waals surface area contributed by atoms with Crippen LogP contribution in [0.3, 0.4) is 0 Å². The molecule has 0 spiro atoms. The van der Waals surface area contributed by atoms with Crippen LogP contribution in [0, 0.1) is 16.5 Å². The van der Waals surface area contributed by atoms with Crippen LogP contribution in [0.25, 0.3) is 0 Å². The molecule has 0 heterocycles. The monoisotopic (exact) mass is 142 g/mol. The summed E-state index contributed by atoms with van der Waals surface area (Å²) in [6, 6.07) is 0. The van der Waals surface area contributed by atoms with Gasteiger partial charge in [-0.1, -0.05) is 12.2 Å². The Morgan fingerprint density at radius 2 is 1.90 bits per heavy atom. The van der Waals surface area contributed by atoms with E-state index in [0.29, 0.717) is 0 Å². The molecule has 1 rings (SSSR count). The quantitative estimate of drug-likeness (QED) is 0.314. The van der Waals surface area contributed by atoms with Crippen molar-refractivity contribution < 1.29 is 9.31 Å². The van der Waals surface area contributed by atoms with Crippen molar-refractivity contribution in [1.29, 1.82) is 0 Å². The van der Waals surface area contributed by atoms with E-state index in [2.05, 4.69) is 0 Å². The van der Waals surface area contributed by atoms with Crippen LogP contribution < -0.4 is 0 Å². The third-order valence-electron chi connectivity index (χ3n) is 1.16. The molecule has 3 nitrogen and oxygen atoms in total. The molecule has 10 heavy (non-hydrogen) atoms. The number of rotatable bonds is 1. The normalized spacial score (nSPS) is 20.9. The lowest BCUT2D eigenvalue weighted by atomic mass is 10.1. The van der Waals surface area contributed by atoms with E-state index >= 15 is 0 Å². The minimum Gasteiger partial charge on any atom is -0.261 e. The fraction of sp³-hybridized carbons (Fsp3) is 0.167. The van der Waals surface area contributed by atoms with Crippen molar-refractivity contribution in [1.82, 2.24) is 0 Å². The molecule has 0 saturated heterocycles. The van der Waals surface area contributed by atoms with Gasteiger partial charge in [0.1, 0.15) is 0 Å². The van der Waals surface area contributed by atoms with Crippen molar-refractivity contribution >= 4 is 0 Å². The van der Waals surface area contributed by atoms with E-state index < -0.39 is 10.7 Å². The standard InChI is InChI=1S/C6H5FNO2/c7-6(8(9)10)4-2-1-3-5-6/h1-5H. The van der Waals surface area contributed by atoms with Gasteiger partial charge in [-0.3, -0.25) is 10.1 Å². The molecule has 0 aromatic rings. The molecule has 4 heteroatoms. The molecule has 0 amide bonds. The summed E-state index contributed by atoms with van der Waals surface area (Å²) in [5, 5.41) is 9.99. The molecule has 0 unspecified atom stereocenters. The number of hydrogen-bond donors (Lipinski definition) is 0. The summed E-state index contributed by atoms with van der Waals surface area (Å²) in [6.45, 7) is 0. The van der Waals surface area contributed by atoms with Crippen LogP contribution in [0.15, 0.2) is 24.3 Å². The molecule has 1 radical (unpaired) electrons. The highest BCUT2D eigenvalue weighted by Gasteiger charge is 2.37. The van der Waals surface area contributed by atoms with E-state index in [1.54, 1.807) is 0 Å². The second-order valence-corrected chi connectivity index (χ2v) is 1.90. The molecule has 0 aromatic heterocycles. The van der Waals surface area contributed by atoms with Gasteiger partial charge in [0.25, 0.3) is 0 Å². The fourth-order valence-electron chi connectivity index (χ4n) is 0.622. The van der Waals surface area contributed by atoms with Gasteiger partial charge in [0, 0.05) is 18.6 Å². The average molecular weight is 142 g/mol. The maximum Gasteiger partial charge on any atom is 0.397 e. The molecule has 1 aliphatic rings. The average Bonchev–Trinajstić information content (AvgIpc) is 1.89. The van der Waals surface area contributed by atoms with E-state index in [4.69, 9.17) is 0 Å². The number of hydrogen-bond acceptors (Lipinski definition) is 2. The van der Waals surface area contributed by atoms with E-state index in [9.17, 15) is 14.5 Å². The number of halogens is 1. The first kappa shape index (κ1) is 6.92. The van der Waals surface area contributed by atoms with Gasteiger partial charge < -0.3 is 0 Å². The second kappa shape index (κ2) is 2.21. The maximum atomic E-state index is 12.8. The van der Waals surface area contributed by atoms with E-state index in [1.807, 2.05) is 0 Å². The SMILES string of the molecule is O=[N+]([O-])C1(F)C=C[CH]C=C1. The third-order valence-corrected chi connectivity index (χ3v) is 1.16. The summed E-state index contributed by atoms with van der Waals surface area (Å²) >= 11 is 0. The van der Waals surface area contributed by atoms with Crippen LogP contribution in [0.2, 0.25) is 0 Å². The Morgan fingerprint density at radius 3 is 2.20 bits per heavy atom. The van der Waals surface area contributed by atoms with Crippen molar-refractivity contribution in [3.8, 4) is 0 Å². The Bertz CT molecular complexity index is 198. The fourth-order valence-corrected chi connectivity index (χ4v) is 0.622. The molecule has 1 aliphatic carbocycles. The molecule has 0 bridgehead atoms. The van der Waals surface area contributed by atoms with Gasteiger partial charge in [-0.25, -0.2) is 0 Å². The molecular formula is C6H5FNO2. The lowest BCUT2D eigenvalue weighted by Crippen LogP contribution is -2.28. The minimum absolute atomic E-state index is 0.896. The van der Waals surface area contributed by atoms with Crippen LogP contribution in [0.1, 0.15) is 0 Å². The van der Waals surface area contributed by atoms with E-state index in [1.165, 1.54) is 18.6 Å². The topological polar surface area (TPSA) is 43.1 Å². The largest absolute Gasteiger partial charge is 0.397 e. The smallest absolute Gasteiger partial charge is 0.261 e. The highest BCUT2D eigenvalue weighted by atomic mass is 19.1. The highest BCUT2D eigenvalue weighted by molar-refractivity contribution is 5.23. The Morgan fingerprint density at radius 1 is 1.40 bits per heavy atom. The van der Waals surface area contributed by atoms with Gasteiger partial charge in [0.15, 0.2) is 0 Å². The molecule has 0 atom stereocenters. The van der Waals surface area contributed by atoms with Crippen LogP contribution >= 0.6 is 0 Å². The summed E-state index contributed by atoms with van der Waals surface area (Å²) in [4.78, 5) is 9.01. The van der Waals surface area contributed by atoms with E-state index in [-0.39, 0.29) is 0 Å². The van der Waals surface area contributed by atoms with Crippen LogP contribution in [-0.2, 0) is 0 Å².